The van der Waals surface area contributed by atoms with Gasteiger partial charge in [0, 0.05) is 83.1 Å². The maximum absolute atomic E-state index is 10.3. The second-order valence-corrected chi connectivity index (χ2v) is 36.9. The van der Waals surface area contributed by atoms with E-state index in [2.05, 4.69) is 249 Å². The molecule has 0 amide bonds. The molecule has 0 saturated carbocycles. The highest BCUT2D eigenvalue weighted by atomic mass is 16.3. The third-order valence-electron chi connectivity index (χ3n) is 25.6. The lowest BCUT2D eigenvalue weighted by atomic mass is 9.33. The van der Waals surface area contributed by atoms with Gasteiger partial charge in [0.25, 0.3) is 6.71 Å². The summed E-state index contributed by atoms with van der Waals surface area (Å²) in [4.78, 5) is 4.52. The van der Waals surface area contributed by atoms with Gasteiger partial charge in [-0.15, -0.1) is 0 Å². The number of anilines is 6. The van der Waals surface area contributed by atoms with Gasteiger partial charge in [-0.25, -0.2) is 0 Å². The molecule has 0 fully saturated rings. The number of hydrogen-bond acceptors (Lipinski definition) is 3. The van der Waals surface area contributed by atoms with Gasteiger partial charge in [-0.1, -0.05) is 307 Å². The van der Waals surface area contributed by atoms with Crippen LogP contribution in [0.25, 0.3) is 138 Å². The van der Waals surface area contributed by atoms with Gasteiger partial charge in [-0.05, 0) is 219 Å². The Morgan fingerprint density at radius 2 is 0.700 bits per heavy atom. The molecule has 0 atom stereocenters. The van der Waals surface area contributed by atoms with Crippen LogP contribution in [0, 0.1) is 0 Å². The second kappa shape index (κ2) is 25.9. The topological polar surface area (TPSA) is 34.4 Å². The first-order chi connectivity index (χ1) is 64.7. The van der Waals surface area contributed by atoms with E-state index in [0.29, 0.717) is 39.1 Å². The van der Waals surface area contributed by atoms with E-state index in [1.54, 1.807) is 16.7 Å². The van der Waals surface area contributed by atoms with E-state index in [1.807, 2.05) is 72.8 Å². The molecule has 7 heteroatoms. The van der Waals surface area contributed by atoms with Crippen molar-refractivity contribution < 1.29 is 26.3 Å². The van der Waals surface area contributed by atoms with E-state index in [-0.39, 0.29) is 88.1 Å². The molecular formula is C113H92BN5O. The standard InChI is InChI=1S/C113H92BN5O/c1-110(2,3)73-46-51-84-88(61-73)89-62-74(111(4,5)6)47-52-85(89)106(84)70-45-53-92-102(60-70)117(78-58-71(68-29-15-13-16-30-68)57-72(59-78)69-31-17-14-18-32-69)104-66-79(116-94-39-23-19-33-80(94)81-34-20-24-40-95(81)116)67-105-107(104)114(92)93-54-50-77(115-98-55-48-75(112(7,8)9)63-90(98)91-64-76(113(10,11)12)49-56-99(91)115)65-103(93)119(105)101-44-28-38-87-86-37-27-43-100(108(86)120-109(87)101)118-96-41-25-21-35-82(96)83-36-22-26-42-97(83)118/h13-67,106H,1-12H3/i19D,20D,21D,22D,23D,24D,25D,26D,33D,34D,35D,36D,39D,40D,41D,42D. The van der Waals surface area contributed by atoms with E-state index >= 15 is 0 Å². The van der Waals surface area contributed by atoms with Crippen molar-refractivity contribution in [2.24, 2.45) is 0 Å². The highest BCUT2D eigenvalue weighted by Crippen LogP contribution is 2.55. The first kappa shape index (κ1) is 56.7. The zero-order valence-electron chi connectivity index (χ0n) is 84.8. The number of rotatable bonds is 8. The average Bonchev–Trinajstić information content (AvgIpc) is 1.15. The fourth-order valence-corrected chi connectivity index (χ4v) is 19.6. The van der Waals surface area contributed by atoms with Crippen molar-refractivity contribution in [1.29, 1.82) is 0 Å². The van der Waals surface area contributed by atoms with Gasteiger partial charge in [0.05, 0.1) is 72.1 Å². The molecule has 578 valence electrons. The Kier molecular flexibility index (Phi) is 12.3. The third-order valence-corrected chi connectivity index (χ3v) is 25.6. The van der Waals surface area contributed by atoms with Crippen molar-refractivity contribution in [1.82, 2.24) is 13.7 Å². The largest absolute Gasteiger partial charge is 0.452 e. The molecular weight excluding hydrogens is 1450 g/mol. The molecule has 20 aromatic rings. The summed E-state index contributed by atoms with van der Waals surface area (Å²) < 4.78 is 167. The minimum atomic E-state index is -0.692. The number of benzene rings is 16. The summed E-state index contributed by atoms with van der Waals surface area (Å²) in [6.45, 7) is 26.2. The summed E-state index contributed by atoms with van der Waals surface area (Å²) in [5.74, 6) is -0.296. The predicted octanol–water partition coefficient (Wildman–Crippen LogP) is 28.6. The molecule has 23 rings (SSSR count). The smallest absolute Gasteiger partial charge is 0.252 e. The van der Waals surface area contributed by atoms with Gasteiger partial charge in [0.1, 0.15) is 0 Å². The van der Waals surface area contributed by atoms with Crippen LogP contribution < -0.4 is 26.2 Å². The molecule has 0 unspecified atom stereocenters. The Hall–Kier alpha value is -13.6. The third kappa shape index (κ3) is 10.9. The van der Waals surface area contributed by atoms with Crippen LogP contribution in [-0.2, 0) is 21.7 Å². The van der Waals surface area contributed by atoms with E-state index < -0.39 is 103 Å². The van der Waals surface area contributed by atoms with Crippen LogP contribution in [0.15, 0.2) is 338 Å². The van der Waals surface area contributed by atoms with E-state index in [4.69, 9.17) is 7.16 Å². The van der Waals surface area contributed by atoms with Gasteiger partial charge < -0.3 is 27.9 Å². The number of nitrogens with zero attached hydrogens (tertiary/aromatic N) is 5. The number of para-hydroxylation sites is 6. The Balaban J connectivity index is 0.902. The van der Waals surface area contributed by atoms with E-state index in [9.17, 15) is 19.2 Å². The van der Waals surface area contributed by atoms with Gasteiger partial charge >= 0.3 is 0 Å². The normalized spacial score (nSPS) is 15.4. The number of fused-ring (bicyclic) bond motifs is 19. The lowest BCUT2D eigenvalue weighted by Crippen LogP contribution is -2.61. The van der Waals surface area contributed by atoms with Gasteiger partial charge in [0.15, 0.2) is 11.2 Å². The molecule has 120 heavy (non-hydrogen) atoms. The highest BCUT2D eigenvalue weighted by Gasteiger charge is 2.46. The van der Waals surface area contributed by atoms with Crippen molar-refractivity contribution in [3.8, 4) is 50.4 Å². The Morgan fingerprint density at radius 1 is 0.283 bits per heavy atom. The minimum Gasteiger partial charge on any atom is -0.452 e. The maximum atomic E-state index is 10.3. The average molecular weight is 1560 g/mol. The van der Waals surface area contributed by atoms with Crippen LogP contribution in [0.2, 0.25) is 0 Å². The van der Waals surface area contributed by atoms with E-state index in [0.717, 1.165) is 116 Å². The minimum absolute atomic E-state index is 0.0886. The summed E-state index contributed by atoms with van der Waals surface area (Å²) in [5.41, 5.74) is 22.9. The molecule has 4 aromatic heterocycles. The quantitative estimate of drug-likeness (QED) is 0.142. The summed E-state index contributed by atoms with van der Waals surface area (Å²) >= 11 is 0. The van der Waals surface area contributed by atoms with Crippen LogP contribution in [0.1, 0.15) is 150 Å². The molecule has 16 aromatic carbocycles. The maximum Gasteiger partial charge on any atom is 0.252 e. The molecule has 0 saturated heterocycles. The lowest BCUT2D eigenvalue weighted by molar-refractivity contribution is 0.589. The van der Waals surface area contributed by atoms with Gasteiger partial charge in [-0.2, -0.15) is 0 Å². The molecule has 1 aliphatic carbocycles. The molecule has 0 bridgehead atoms. The van der Waals surface area contributed by atoms with Gasteiger partial charge in [0.2, 0.25) is 0 Å². The zero-order chi connectivity index (χ0) is 95.2. The first-order valence-electron chi connectivity index (χ1n) is 49.4. The SMILES string of the molecule is [2H]c1c([2H])c([2H])c2c(c1[2H])c1c([2H])c([2H])c([2H])c([2H])c1n2-c1cc2c3c(c1)N(c1cccc4c1oc1c(-n5c6c([2H])c([2H])c([2H])c([2H])c6c6c([2H])c([2H])c([2H])c([2H])c65)cccc14)c1cc(-n4c5ccc(C(C)(C)C)cc5c5cc(C(C)(C)C)ccc54)ccc1B3c1ccc(C3c4ccc(C(C)(C)C)cc4-c4cc(C(C)(C)C)ccc43)cc1N2c1cc(-c2ccccc2)cc(-c2ccccc2)c1. The second-order valence-electron chi connectivity index (χ2n) is 36.9. The molecule has 6 heterocycles. The summed E-state index contributed by atoms with van der Waals surface area (Å²) in [7, 11) is 0. The highest BCUT2D eigenvalue weighted by molar-refractivity contribution is 7.00. The van der Waals surface area contributed by atoms with Crippen LogP contribution in [0.4, 0.5) is 34.1 Å². The molecule has 6 nitrogen and oxygen atoms in total. The Labute approximate surface area is 724 Å². The van der Waals surface area contributed by atoms with Crippen LogP contribution in [-0.4, -0.2) is 20.4 Å². The van der Waals surface area contributed by atoms with Crippen LogP contribution >= 0.6 is 0 Å². The van der Waals surface area contributed by atoms with Gasteiger partial charge in [-0.3, -0.25) is 0 Å². The lowest BCUT2D eigenvalue weighted by Gasteiger charge is -2.45. The summed E-state index contributed by atoms with van der Waals surface area (Å²) in [6.07, 6.45) is 0. The van der Waals surface area contributed by atoms with E-state index in [1.165, 1.54) is 15.7 Å². The molecule has 0 spiro atoms. The fourth-order valence-electron chi connectivity index (χ4n) is 19.6. The van der Waals surface area contributed by atoms with Crippen molar-refractivity contribution >= 4 is 145 Å². The summed E-state index contributed by atoms with van der Waals surface area (Å²) in [5, 5.41) is 2.82. The van der Waals surface area contributed by atoms with Crippen molar-refractivity contribution in [3.63, 3.8) is 0 Å². The summed E-state index contributed by atoms with van der Waals surface area (Å²) in [6, 6.07) is 75.1. The van der Waals surface area contributed by atoms with Crippen molar-refractivity contribution in [2.45, 2.75) is 111 Å². The van der Waals surface area contributed by atoms with Crippen LogP contribution in [0.5, 0.6) is 0 Å². The predicted molar refractivity (Wildman–Crippen MR) is 509 cm³/mol. The van der Waals surface area contributed by atoms with Crippen molar-refractivity contribution in [3.05, 3.63) is 372 Å². The first-order valence-corrected chi connectivity index (χ1v) is 41.4. The molecule has 3 aliphatic rings. The molecule has 0 N–H and O–H groups in total. The number of furan rings is 1. The molecule has 2 aliphatic heterocycles. The zero-order valence-corrected chi connectivity index (χ0v) is 68.8. The number of hydrogen-bond donors (Lipinski definition) is 0. The van der Waals surface area contributed by atoms with Crippen LogP contribution in [0.3, 0.4) is 0 Å². The van der Waals surface area contributed by atoms with Crippen molar-refractivity contribution in [2.75, 3.05) is 9.80 Å². The molecule has 0 radical (unpaired) electrons. The Bertz CT molecular complexity index is 8420. The number of aromatic nitrogens is 3. The fraction of sp³-hybridized carbons (Fsp3) is 0.150. The Morgan fingerprint density at radius 3 is 1.20 bits per heavy atom. The monoisotopic (exact) mass is 1560 g/mol.